The van der Waals surface area contributed by atoms with Crippen molar-refractivity contribution >= 4 is 0 Å². The van der Waals surface area contributed by atoms with E-state index in [2.05, 4.69) is 36.6 Å². The van der Waals surface area contributed by atoms with Crippen LogP contribution in [0.4, 0.5) is 0 Å². The summed E-state index contributed by atoms with van der Waals surface area (Å²) in [4.78, 5) is 0. The Kier molecular flexibility index (Phi) is 3.75. The highest BCUT2D eigenvalue weighted by molar-refractivity contribution is 5.17. The molecule has 1 aromatic rings. The van der Waals surface area contributed by atoms with Crippen LogP contribution in [0.5, 0.6) is 5.88 Å². The maximum atomic E-state index is 5.84. The molecule has 96 valence electrons. The van der Waals surface area contributed by atoms with Crippen LogP contribution in [0.25, 0.3) is 0 Å². The average Bonchev–Trinajstić information content (AvgIpc) is 2.69. The summed E-state index contributed by atoms with van der Waals surface area (Å²) in [6, 6.07) is 2.11. The molecule has 0 bridgehead atoms. The molecule has 0 aliphatic carbocycles. The highest BCUT2D eigenvalue weighted by Gasteiger charge is 2.19. The van der Waals surface area contributed by atoms with Crippen molar-refractivity contribution < 1.29 is 4.74 Å². The van der Waals surface area contributed by atoms with Crippen molar-refractivity contribution in [3.8, 4) is 5.88 Å². The molecular formula is C14H24N2O. The Bertz CT molecular complexity index is 345. The second kappa shape index (κ2) is 5.11. The molecule has 3 heteroatoms. The van der Waals surface area contributed by atoms with Gasteiger partial charge in [0, 0.05) is 18.3 Å². The molecule has 0 saturated heterocycles. The van der Waals surface area contributed by atoms with Crippen molar-refractivity contribution in [2.45, 2.75) is 59.4 Å². The van der Waals surface area contributed by atoms with Crippen LogP contribution < -0.4 is 4.74 Å². The molecule has 0 amide bonds. The fraction of sp³-hybridized carbons (Fsp3) is 0.786. The summed E-state index contributed by atoms with van der Waals surface area (Å²) in [5.41, 5.74) is 1.58. The molecule has 0 unspecified atom stereocenters. The monoisotopic (exact) mass is 236 g/mol. The standard InChI is InChI=1S/C14H24N2O/c1-4-8-14(2,3)11-17-13-10-12-7-5-6-9-16(12)15-13/h10H,4-9,11H2,1-3H3. The third-order valence-corrected chi connectivity index (χ3v) is 3.43. The Balaban J connectivity index is 1.93. The quantitative estimate of drug-likeness (QED) is 0.783. The second-order valence-electron chi connectivity index (χ2n) is 5.86. The van der Waals surface area contributed by atoms with E-state index in [1.165, 1.54) is 31.4 Å². The van der Waals surface area contributed by atoms with Crippen molar-refractivity contribution in [3.63, 3.8) is 0 Å². The number of rotatable bonds is 5. The smallest absolute Gasteiger partial charge is 0.233 e. The van der Waals surface area contributed by atoms with E-state index in [4.69, 9.17) is 4.74 Å². The minimum Gasteiger partial charge on any atom is -0.476 e. The van der Waals surface area contributed by atoms with Crippen LogP contribution in [-0.2, 0) is 13.0 Å². The van der Waals surface area contributed by atoms with Crippen LogP contribution in [-0.4, -0.2) is 16.4 Å². The van der Waals surface area contributed by atoms with Gasteiger partial charge in [-0.15, -0.1) is 5.10 Å². The Morgan fingerprint density at radius 1 is 1.41 bits per heavy atom. The molecule has 2 heterocycles. The molecule has 0 spiro atoms. The zero-order valence-corrected chi connectivity index (χ0v) is 11.3. The first-order valence-corrected chi connectivity index (χ1v) is 6.80. The predicted molar refractivity (Wildman–Crippen MR) is 69.3 cm³/mol. The normalized spacial score (nSPS) is 15.7. The van der Waals surface area contributed by atoms with Crippen LogP contribution in [0.1, 0.15) is 52.1 Å². The molecule has 1 aliphatic rings. The lowest BCUT2D eigenvalue weighted by Crippen LogP contribution is -2.21. The summed E-state index contributed by atoms with van der Waals surface area (Å²) in [5.74, 6) is 0.811. The fourth-order valence-electron chi connectivity index (χ4n) is 2.48. The van der Waals surface area contributed by atoms with Crippen molar-refractivity contribution in [2.75, 3.05) is 6.61 Å². The van der Waals surface area contributed by atoms with Crippen molar-refractivity contribution in [3.05, 3.63) is 11.8 Å². The van der Waals surface area contributed by atoms with Crippen LogP contribution in [0.3, 0.4) is 0 Å². The second-order valence-corrected chi connectivity index (χ2v) is 5.86. The first-order chi connectivity index (χ1) is 8.11. The van der Waals surface area contributed by atoms with Gasteiger partial charge >= 0.3 is 0 Å². The lowest BCUT2D eigenvalue weighted by Gasteiger charge is -2.23. The fourth-order valence-corrected chi connectivity index (χ4v) is 2.48. The molecular weight excluding hydrogens is 212 g/mol. The van der Waals surface area contributed by atoms with Crippen molar-refractivity contribution in [2.24, 2.45) is 5.41 Å². The average molecular weight is 236 g/mol. The van der Waals surface area contributed by atoms with Crippen LogP contribution in [0, 0.1) is 5.41 Å². The summed E-state index contributed by atoms with van der Waals surface area (Å²) in [7, 11) is 0. The molecule has 3 nitrogen and oxygen atoms in total. The van der Waals surface area contributed by atoms with E-state index in [1.54, 1.807) is 0 Å². The zero-order valence-electron chi connectivity index (χ0n) is 11.3. The molecule has 17 heavy (non-hydrogen) atoms. The minimum atomic E-state index is 0.249. The van der Waals surface area contributed by atoms with E-state index >= 15 is 0 Å². The maximum absolute atomic E-state index is 5.84. The number of fused-ring (bicyclic) bond motifs is 1. The van der Waals surface area contributed by atoms with Gasteiger partial charge in [0.25, 0.3) is 0 Å². The van der Waals surface area contributed by atoms with Gasteiger partial charge in [0.2, 0.25) is 5.88 Å². The third kappa shape index (κ3) is 3.24. The van der Waals surface area contributed by atoms with Gasteiger partial charge in [0.1, 0.15) is 0 Å². The minimum absolute atomic E-state index is 0.249. The number of hydrogen-bond donors (Lipinski definition) is 0. The number of nitrogens with zero attached hydrogens (tertiary/aromatic N) is 2. The largest absolute Gasteiger partial charge is 0.476 e. The van der Waals surface area contributed by atoms with Gasteiger partial charge in [0.15, 0.2) is 0 Å². The first kappa shape index (κ1) is 12.5. The van der Waals surface area contributed by atoms with Crippen molar-refractivity contribution in [1.82, 2.24) is 9.78 Å². The number of aromatic nitrogens is 2. The van der Waals surface area contributed by atoms with E-state index in [-0.39, 0.29) is 5.41 Å². The number of ether oxygens (including phenoxy) is 1. The Morgan fingerprint density at radius 3 is 2.94 bits per heavy atom. The van der Waals surface area contributed by atoms with E-state index in [9.17, 15) is 0 Å². The summed E-state index contributed by atoms with van der Waals surface area (Å²) in [6.07, 6.45) is 6.08. The molecule has 0 atom stereocenters. The number of aryl methyl sites for hydroxylation is 2. The van der Waals surface area contributed by atoms with Crippen LogP contribution in [0.2, 0.25) is 0 Å². The molecule has 0 fully saturated rings. The highest BCUT2D eigenvalue weighted by Crippen LogP contribution is 2.25. The lowest BCUT2D eigenvalue weighted by molar-refractivity contribution is 0.162. The maximum Gasteiger partial charge on any atom is 0.233 e. The summed E-state index contributed by atoms with van der Waals surface area (Å²) in [6.45, 7) is 8.55. The van der Waals surface area contributed by atoms with Gasteiger partial charge in [-0.3, -0.25) is 4.68 Å². The molecule has 0 N–H and O–H groups in total. The molecule has 0 aromatic carbocycles. The van der Waals surface area contributed by atoms with E-state index in [0.29, 0.717) is 0 Å². The highest BCUT2D eigenvalue weighted by atomic mass is 16.5. The van der Waals surface area contributed by atoms with E-state index < -0.39 is 0 Å². The van der Waals surface area contributed by atoms with Crippen LogP contribution >= 0.6 is 0 Å². The summed E-state index contributed by atoms with van der Waals surface area (Å²) < 4.78 is 7.95. The van der Waals surface area contributed by atoms with Gasteiger partial charge < -0.3 is 4.74 Å². The van der Waals surface area contributed by atoms with Gasteiger partial charge in [-0.1, -0.05) is 27.2 Å². The van der Waals surface area contributed by atoms with Gasteiger partial charge in [-0.2, -0.15) is 0 Å². The predicted octanol–water partition coefficient (Wildman–Crippen LogP) is 3.42. The van der Waals surface area contributed by atoms with Gasteiger partial charge in [-0.05, 0) is 31.1 Å². The Labute approximate surface area is 104 Å². The third-order valence-electron chi connectivity index (χ3n) is 3.43. The van der Waals surface area contributed by atoms with Gasteiger partial charge in [0.05, 0.1) is 6.61 Å². The lowest BCUT2D eigenvalue weighted by atomic mass is 9.89. The molecule has 0 saturated carbocycles. The van der Waals surface area contributed by atoms with Gasteiger partial charge in [-0.25, -0.2) is 0 Å². The molecule has 1 aliphatic heterocycles. The zero-order chi connectivity index (χ0) is 12.3. The Morgan fingerprint density at radius 2 is 2.24 bits per heavy atom. The molecule has 1 aromatic heterocycles. The summed E-state index contributed by atoms with van der Waals surface area (Å²) >= 11 is 0. The van der Waals surface area contributed by atoms with Crippen molar-refractivity contribution in [1.29, 1.82) is 0 Å². The topological polar surface area (TPSA) is 27.1 Å². The SMILES string of the molecule is CCCC(C)(C)COc1cc2n(n1)CCCC2. The van der Waals surface area contributed by atoms with Crippen LogP contribution in [0.15, 0.2) is 6.07 Å². The summed E-state index contributed by atoms with van der Waals surface area (Å²) in [5, 5.41) is 4.51. The molecule has 2 rings (SSSR count). The van der Waals surface area contributed by atoms with E-state index in [0.717, 1.165) is 25.5 Å². The van der Waals surface area contributed by atoms with E-state index in [1.807, 2.05) is 0 Å². The molecule has 0 radical (unpaired) electrons. The first-order valence-electron chi connectivity index (χ1n) is 6.80. The number of hydrogen-bond acceptors (Lipinski definition) is 2. The Hall–Kier alpha value is -0.990.